The highest BCUT2D eigenvalue weighted by molar-refractivity contribution is 5.89. The van der Waals surface area contributed by atoms with Crippen LogP contribution >= 0.6 is 0 Å². The zero-order valence-corrected chi connectivity index (χ0v) is 11.8. The molecule has 0 bridgehead atoms. The number of likely N-dealkylation sites (N-methyl/N-ethyl adjacent to an activating group) is 1. The summed E-state index contributed by atoms with van der Waals surface area (Å²) in [5.74, 6) is -0.388. The molecule has 0 aromatic heterocycles. The van der Waals surface area contributed by atoms with Crippen LogP contribution in [0.15, 0.2) is 18.2 Å². The number of hydrogen-bond acceptors (Lipinski definition) is 2. The molecule has 5 heteroatoms. The van der Waals surface area contributed by atoms with E-state index < -0.39 is 5.60 Å². The third kappa shape index (κ3) is 5.26. The Morgan fingerprint density at radius 3 is 2.53 bits per heavy atom. The van der Waals surface area contributed by atoms with E-state index in [1.54, 1.807) is 26.8 Å². The van der Waals surface area contributed by atoms with Gasteiger partial charge in [-0.05, 0) is 51.5 Å². The Hall–Kier alpha value is -1.62. The number of rotatable bonds is 4. The summed E-state index contributed by atoms with van der Waals surface area (Å²) in [5, 5.41) is 12.4. The number of amides is 2. The fraction of sp³-hybridized carbons (Fsp3) is 0.500. The van der Waals surface area contributed by atoms with E-state index in [-0.39, 0.29) is 18.4 Å². The standard InChI is InChI=1S/C14H21FN2O2/c1-5-17(9-14(3,4)19)13(18)16-12-7-10(2)6-11(15)8-12/h6-8,19H,5,9H2,1-4H3,(H,16,18). The molecule has 2 amide bonds. The zero-order chi connectivity index (χ0) is 14.6. The molecule has 0 fully saturated rings. The summed E-state index contributed by atoms with van der Waals surface area (Å²) >= 11 is 0. The minimum Gasteiger partial charge on any atom is -0.389 e. The molecule has 19 heavy (non-hydrogen) atoms. The molecule has 4 nitrogen and oxygen atoms in total. The van der Waals surface area contributed by atoms with E-state index in [1.165, 1.54) is 17.0 Å². The van der Waals surface area contributed by atoms with Crippen LogP contribution in [0.5, 0.6) is 0 Å². The average molecular weight is 268 g/mol. The van der Waals surface area contributed by atoms with Crippen molar-refractivity contribution in [3.8, 4) is 0 Å². The highest BCUT2D eigenvalue weighted by Crippen LogP contribution is 2.14. The molecule has 0 unspecified atom stereocenters. The van der Waals surface area contributed by atoms with Crippen molar-refractivity contribution in [1.29, 1.82) is 0 Å². The highest BCUT2D eigenvalue weighted by atomic mass is 19.1. The van der Waals surface area contributed by atoms with Crippen molar-refractivity contribution in [3.63, 3.8) is 0 Å². The molecule has 0 atom stereocenters. The molecule has 0 saturated heterocycles. The van der Waals surface area contributed by atoms with Crippen LogP contribution in [-0.4, -0.2) is 34.7 Å². The van der Waals surface area contributed by atoms with E-state index in [1.807, 2.05) is 6.92 Å². The van der Waals surface area contributed by atoms with Gasteiger partial charge in [0.25, 0.3) is 0 Å². The normalized spacial score (nSPS) is 11.3. The van der Waals surface area contributed by atoms with Crippen molar-refractivity contribution in [2.45, 2.75) is 33.3 Å². The molecule has 1 aromatic rings. The largest absolute Gasteiger partial charge is 0.389 e. The zero-order valence-electron chi connectivity index (χ0n) is 11.8. The smallest absolute Gasteiger partial charge is 0.321 e. The summed E-state index contributed by atoms with van der Waals surface area (Å²) in [6.45, 7) is 7.52. The number of carbonyl (C=O) groups excluding carboxylic acids is 1. The van der Waals surface area contributed by atoms with Crippen molar-refractivity contribution in [1.82, 2.24) is 4.90 Å². The van der Waals surface area contributed by atoms with Gasteiger partial charge in [-0.1, -0.05) is 0 Å². The van der Waals surface area contributed by atoms with Gasteiger partial charge in [0.05, 0.1) is 12.1 Å². The predicted molar refractivity (Wildman–Crippen MR) is 73.7 cm³/mol. The monoisotopic (exact) mass is 268 g/mol. The number of aliphatic hydroxyl groups is 1. The molecule has 0 radical (unpaired) electrons. The first kappa shape index (κ1) is 15.4. The number of aryl methyl sites for hydroxylation is 1. The Morgan fingerprint density at radius 1 is 1.42 bits per heavy atom. The van der Waals surface area contributed by atoms with Gasteiger partial charge in [0.15, 0.2) is 0 Å². The predicted octanol–water partition coefficient (Wildman–Crippen LogP) is 2.76. The molecule has 0 heterocycles. The summed E-state index contributed by atoms with van der Waals surface area (Å²) < 4.78 is 13.2. The first-order chi connectivity index (χ1) is 8.71. The molecule has 1 rings (SSSR count). The number of nitrogens with one attached hydrogen (secondary N) is 1. The Morgan fingerprint density at radius 2 is 2.05 bits per heavy atom. The molecule has 2 N–H and O–H groups in total. The fourth-order valence-corrected chi connectivity index (χ4v) is 1.81. The summed E-state index contributed by atoms with van der Waals surface area (Å²) in [6, 6.07) is 4.00. The van der Waals surface area contributed by atoms with Gasteiger partial charge < -0.3 is 15.3 Å². The molecular formula is C14H21FN2O2. The Balaban J connectivity index is 2.77. The second-order valence-corrected chi connectivity index (χ2v) is 5.27. The van der Waals surface area contributed by atoms with Gasteiger partial charge in [0.2, 0.25) is 0 Å². The maximum atomic E-state index is 13.2. The van der Waals surface area contributed by atoms with E-state index in [0.29, 0.717) is 12.2 Å². The molecule has 0 saturated carbocycles. The second-order valence-electron chi connectivity index (χ2n) is 5.27. The molecule has 0 spiro atoms. The lowest BCUT2D eigenvalue weighted by Gasteiger charge is -2.28. The summed E-state index contributed by atoms with van der Waals surface area (Å²) in [4.78, 5) is 13.5. The number of benzene rings is 1. The quantitative estimate of drug-likeness (QED) is 0.882. The Kier molecular flexibility index (Phi) is 4.89. The summed E-state index contributed by atoms with van der Waals surface area (Å²) in [5.41, 5.74) is 0.183. The fourth-order valence-electron chi connectivity index (χ4n) is 1.81. The van der Waals surface area contributed by atoms with Gasteiger partial charge >= 0.3 is 6.03 Å². The lowest BCUT2D eigenvalue weighted by Crippen LogP contribution is -2.44. The maximum absolute atomic E-state index is 13.2. The summed E-state index contributed by atoms with van der Waals surface area (Å²) in [6.07, 6.45) is 0. The second kappa shape index (κ2) is 6.02. The lowest BCUT2D eigenvalue weighted by molar-refractivity contribution is 0.0501. The van der Waals surface area contributed by atoms with Crippen LogP contribution in [0.4, 0.5) is 14.9 Å². The van der Waals surface area contributed by atoms with Gasteiger partial charge in [-0.15, -0.1) is 0 Å². The van der Waals surface area contributed by atoms with Crippen molar-refractivity contribution in [2.75, 3.05) is 18.4 Å². The first-order valence-corrected chi connectivity index (χ1v) is 6.27. The number of hydrogen-bond donors (Lipinski definition) is 2. The van der Waals surface area contributed by atoms with Crippen molar-refractivity contribution < 1.29 is 14.3 Å². The van der Waals surface area contributed by atoms with Gasteiger partial charge in [-0.2, -0.15) is 0 Å². The van der Waals surface area contributed by atoms with E-state index in [2.05, 4.69) is 5.32 Å². The highest BCUT2D eigenvalue weighted by Gasteiger charge is 2.21. The van der Waals surface area contributed by atoms with Crippen LogP contribution in [0.1, 0.15) is 26.3 Å². The number of anilines is 1. The maximum Gasteiger partial charge on any atom is 0.321 e. The van der Waals surface area contributed by atoms with Gasteiger partial charge in [0, 0.05) is 12.2 Å². The van der Waals surface area contributed by atoms with Crippen molar-refractivity contribution in [2.24, 2.45) is 0 Å². The van der Waals surface area contributed by atoms with Crippen LogP contribution in [-0.2, 0) is 0 Å². The van der Waals surface area contributed by atoms with Crippen LogP contribution in [0, 0.1) is 12.7 Å². The van der Waals surface area contributed by atoms with Crippen LogP contribution in [0.25, 0.3) is 0 Å². The van der Waals surface area contributed by atoms with E-state index in [9.17, 15) is 14.3 Å². The third-order valence-corrected chi connectivity index (χ3v) is 2.54. The van der Waals surface area contributed by atoms with E-state index in [4.69, 9.17) is 0 Å². The number of nitrogens with zero attached hydrogens (tertiary/aromatic N) is 1. The number of halogens is 1. The van der Waals surface area contributed by atoms with Gasteiger partial charge in [0.1, 0.15) is 5.82 Å². The van der Waals surface area contributed by atoms with Crippen LogP contribution in [0.2, 0.25) is 0 Å². The van der Waals surface area contributed by atoms with Crippen LogP contribution in [0.3, 0.4) is 0 Å². The van der Waals surface area contributed by atoms with Crippen molar-refractivity contribution >= 4 is 11.7 Å². The minimum atomic E-state index is -0.967. The van der Waals surface area contributed by atoms with E-state index >= 15 is 0 Å². The SMILES string of the molecule is CCN(CC(C)(C)O)C(=O)Nc1cc(C)cc(F)c1. The molecule has 106 valence electrons. The molecule has 0 aliphatic rings. The Labute approximate surface area is 113 Å². The lowest BCUT2D eigenvalue weighted by atomic mass is 10.1. The molecule has 0 aliphatic carbocycles. The third-order valence-electron chi connectivity index (χ3n) is 2.54. The molecular weight excluding hydrogens is 247 g/mol. The van der Waals surface area contributed by atoms with E-state index in [0.717, 1.165) is 5.56 Å². The first-order valence-electron chi connectivity index (χ1n) is 6.27. The average Bonchev–Trinajstić information content (AvgIpc) is 2.22. The Bertz CT molecular complexity index is 435. The van der Waals surface area contributed by atoms with Gasteiger partial charge in [-0.25, -0.2) is 9.18 Å². The summed E-state index contributed by atoms with van der Waals surface area (Å²) in [7, 11) is 0. The van der Waals surface area contributed by atoms with Crippen molar-refractivity contribution in [3.05, 3.63) is 29.6 Å². The minimum absolute atomic E-state index is 0.212. The topological polar surface area (TPSA) is 52.6 Å². The molecule has 1 aromatic carbocycles. The van der Waals surface area contributed by atoms with Crippen LogP contribution < -0.4 is 5.32 Å². The molecule has 0 aliphatic heterocycles. The number of carbonyl (C=O) groups is 1. The van der Waals surface area contributed by atoms with Gasteiger partial charge in [-0.3, -0.25) is 0 Å². The number of urea groups is 1.